The average molecular weight is 449 g/mol. The van der Waals surface area contributed by atoms with Crippen LogP contribution in [0.2, 0.25) is 0 Å². The lowest BCUT2D eigenvalue weighted by atomic mass is 10.1. The molecule has 2 unspecified atom stereocenters. The maximum atomic E-state index is 14.1. The van der Waals surface area contributed by atoms with E-state index in [1.54, 1.807) is 11.7 Å². The first-order valence-corrected chi connectivity index (χ1v) is 10.5. The number of carbonyl (C=O) groups is 1. The molecule has 164 valence electrons. The van der Waals surface area contributed by atoms with Gasteiger partial charge >= 0.3 is 0 Å². The highest BCUT2D eigenvalue weighted by atomic mass is 32.1. The summed E-state index contributed by atoms with van der Waals surface area (Å²) in [4.78, 5) is 16.9. The minimum atomic E-state index is -0.789. The number of aromatic nitrogens is 3. The average Bonchev–Trinajstić information content (AvgIpc) is 3.19. The second kappa shape index (κ2) is 8.69. The molecule has 0 saturated carbocycles. The van der Waals surface area contributed by atoms with Crippen molar-refractivity contribution < 1.29 is 23.4 Å². The van der Waals surface area contributed by atoms with Crippen LogP contribution in [0.3, 0.4) is 0 Å². The van der Waals surface area contributed by atoms with Crippen molar-refractivity contribution in [1.29, 1.82) is 0 Å². The first-order valence-electron chi connectivity index (χ1n) is 9.68. The third kappa shape index (κ3) is 4.29. The highest BCUT2D eigenvalue weighted by Gasteiger charge is 2.27. The Morgan fingerprint density at radius 3 is 2.81 bits per heavy atom. The molecule has 0 aliphatic carbocycles. The van der Waals surface area contributed by atoms with Crippen molar-refractivity contribution in [2.75, 3.05) is 17.7 Å². The summed E-state index contributed by atoms with van der Waals surface area (Å²) in [6, 6.07) is 3.47. The Balaban J connectivity index is 1.60. The third-order valence-electron chi connectivity index (χ3n) is 5.12. The van der Waals surface area contributed by atoms with Crippen molar-refractivity contribution in [3.05, 3.63) is 47.4 Å². The highest BCUT2D eigenvalue weighted by Crippen LogP contribution is 2.35. The number of nitrogens with two attached hydrogens (primary N) is 1. The van der Waals surface area contributed by atoms with Gasteiger partial charge < -0.3 is 20.9 Å². The third-order valence-corrected chi connectivity index (χ3v) is 6.02. The molecule has 4 rings (SSSR count). The number of nitrogen functional groups attached to an aromatic ring is 1. The van der Waals surface area contributed by atoms with Crippen molar-refractivity contribution in [3.63, 3.8) is 0 Å². The molecule has 0 spiro atoms. The molecule has 4 N–H and O–H groups in total. The number of thiazole rings is 1. The molecule has 31 heavy (non-hydrogen) atoms. The fraction of sp³-hybridized carbons (Fsp3) is 0.350. The number of hydrogen-bond acceptors (Lipinski definition) is 7. The van der Waals surface area contributed by atoms with E-state index in [0.29, 0.717) is 37.3 Å². The van der Waals surface area contributed by atoms with Crippen LogP contribution in [0.1, 0.15) is 41.5 Å². The molecule has 2 atom stereocenters. The molecule has 1 saturated heterocycles. The molecule has 0 bridgehead atoms. The summed E-state index contributed by atoms with van der Waals surface area (Å²) >= 11 is 0.828. The molecule has 0 radical (unpaired) electrons. The Kier molecular flexibility index (Phi) is 5.99. The number of aliphatic hydroxyl groups excluding tert-OH is 1. The summed E-state index contributed by atoms with van der Waals surface area (Å²) in [7, 11) is 1.73. The summed E-state index contributed by atoms with van der Waals surface area (Å²) in [5.41, 5.74) is 6.54. The Bertz CT molecular complexity index is 1100. The van der Waals surface area contributed by atoms with Crippen molar-refractivity contribution >= 4 is 27.9 Å². The molecule has 1 aliphatic heterocycles. The molecule has 3 aromatic rings. The van der Waals surface area contributed by atoms with Gasteiger partial charge in [0, 0.05) is 13.7 Å². The maximum absolute atomic E-state index is 14.1. The Hall–Kier alpha value is -2.89. The van der Waals surface area contributed by atoms with Crippen molar-refractivity contribution in [3.8, 4) is 10.6 Å². The van der Waals surface area contributed by atoms with E-state index in [9.17, 15) is 18.7 Å². The van der Waals surface area contributed by atoms with Gasteiger partial charge in [-0.25, -0.2) is 13.8 Å². The van der Waals surface area contributed by atoms with Gasteiger partial charge in [0.25, 0.3) is 5.91 Å². The van der Waals surface area contributed by atoms with Crippen molar-refractivity contribution in [2.45, 2.75) is 31.5 Å². The number of rotatable bonds is 4. The number of ether oxygens (including phenoxy) is 1. The fourth-order valence-electron chi connectivity index (χ4n) is 3.54. The molecule has 1 aliphatic rings. The number of nitrogens with zero attached hydrogens (tertiary/aromatic N) is 3. The molecule has 1 amide bonds. The minimum Gasteiger partial charge on any atom is -0.393 e. The van der Waals surface area contributed by atoms with Gasteiger partial charge in [-0.1, -0.05) is 17.4 Å². The zero-order chi connectivity index (χ0) is 22.1. The van der Waals surface area contributed by atoms with Crippen LogP contribution < -0.4 is 11.1 Å². The monoisotopic (exact) mass is 449 g/mol. The van der Waals surface area contributed by atoms with Crippen molar-refractivity contribution in [2.24, 2.45) is 7.05 Å². The predicted octanol–water partition coefficient (Wildman–Crippen LogP) is 3.26. The topological polar surface area (TPSA) is 115 Å². The number of aliphatic hydroxyl groups is 1. The van der Waals surface area contributed by atoms with Crippen LogP contribution in [-0.4, -0.2) is 38.5 Å². The number of hydrogen-bond donors (Lipinski definition) is 3. The molecule has 11 heteroatoms. The maximum Gasteiger partial charge on any atom is 0.277 e. The summed E-state index contributed by atoms with van der Waals surface area (Å²) in [6.07, 6.45) is 2.39. The van der Waals surface area contributed by atoms with Gasteiger partial charge in [0.15, 0.2) is 5.69 Å². The minimum absolute atomic E-state index is 0.0225. The van der Waals surface area contributed by atoms with Gasteiger partial charge in [0.2, 0.25) is 0 Å². The van der Waals surface area contributed by atoms with E-state index in [1.165, 1.54) is 12.3 Å². The van der Waals surface area contributed by atoms with E-state index < -0.39 is 23.6 Å². The molecule has 1 aromatic carbocycles. The molecule has 3 heterocycles. The predicted molar refractivity (Wildman–Crippen MR) is 112 cm³/mol. The van der Waals surface area contributed by atoms with Crippen LogP contribution >= 0.6 is 11.3 Å². The first-order chi connectivity index (χ1) is 14.8. The second-order valence-electron chi connectivity index (χ2n) is 7.23. The van der Waals surface area contributed by atoms with Gasteiger partial charge in [-0.2, -0.15) is 5.10 Å². The van der Waals surface area contributed by atoms with Gasteiger partial charge in [0.1, 0.15) is 27.7 Å². The smallest absolute Gasteiger partial charge is 0.277 e. The van der Waals surface area contributed by atoms with Gasteiger partial charge in [0.05, 0.1) is 29.2 Å². The van der Waals surface area contributed by atoms with Crippen LogP contribution in [0, 0.1) is 11.6 Å². The van der Waals surface area contributed by atoms with E-state index in [0.717, 1.165) is 23.5 Å². The van der Waals surface area contributed by atoms with Gasteiger partial charge in [-0.05, 0) is 31.4 Å². The van der Waals surface area contributed by atoms with Crippen LogP contribution in [0.5, 0.6) is 0 Å². The Morgan fingerprint density at radius 2 is 2.06 bits per heavy atom. The molecular formula is C20H21F2N5O3S. The van der Waals surface area contributed by atoms with E-state index in [2.05, 4.69) is 15.4 Å². The molecular weight excluding hydrogens is 428 g/mol. The molecule has 1 fully saturated rings. The standard InChI is InChI=1S/C20H21F2N5O3S/c1-27-17(14-6-5-10(28)7-8-30-14)13(9-24-27)25-19(29)16-18(23)31-20(26-16)15-11(21)3-2-4-12(15)22/h2-4,9-10,14,28H,5-8,23H2,1H3,(H,25,29). The highest BCUT2D eigenvalue weighted by molar-refractivity contribution is 7.19. The van der Waals surface area contributed by atoms with Gasteiger partial charge in [-0.15, -0.1) is 0 Å². The summed E-state index contributed by atoms with van der Waals surface area (Å²) in [5.74, 6) is -2.20. The van der Waals surface area contributed by atoms with Crippen LogP contribution in [-0.2, 0) is 11.8 Å². The SMILES string of the molecule is Cn1ncc(NC(=O)c2nc(-c3c(F)cccc3F)sc2N)c1C1CCC(O)CCO1. The number of anilines is 2. The van der Waals surface area contributed by atoms with Crippen LogP contribution in [0.4, 0.5) is 19.5 Å². The normalized spacial score (nSPS) is 19.2. The lowest BCUT2D eigenvalue weighted by molar-refractivity contribution is 0.0495. The van der Waals surface area contributed by atoms with E-state index in [-0.39, 0.29) is 27.4 Å². The van der Waals surface area contributed by atoms with E-state index in [1.807, 2.05) is 0 Å². The largest absolute Gasteiger partial charge is 0.393 e. The van der Waals surface area contributed by atoms with Crippen molar-refractivity contribution in [1.82, 2.24) is 14.8 Å². The second-order valence-corrected chi connectivity index (χ2v) is 8.26. The number of carbonyl (C=O) groups excluding carboxylic acids is 1. The lowest BCUT2D eigenvalue weighted by Gasteiger charge is -2.17. The number of nitrogens with one attached hydrogen (secondary N) is 1. The summed E-state index contributed by atoms with van der Waals surface area (Å²) < 4.78 is 35.6. The number of amides is 1. The number of aryl methyl sites for hydroxylation is 1. The number of benzene rings is 1. The first kappa shape index (κ1) is 21.3. The zero-order valence-corrected chi connectivity index (χ0v) is 17.5. The molecule has 2 aromatic heterocycles. The Morgan fingerprint density at radius 1 is 1.32 bits per heavy atom. The summed E-state index contributed by atoms with van der Waals surface area (Å²) in [6.45, 7) is 0.390. The van der Waals surface area contributed by atoms with Crippen LogP contribution in [0.25, 0.3) is 10.6 Å². The van der Waals surface area contributed by atoms with Crippen LogP contribution in [0.15, 0.2) is 24.4 Å². The quantitative estimate of drug-likeness (QED) is 0.563. The fourth-order valence-corrected chi connectivity index (χ4v) is 4.42. The Labute approximate surface area is 180 Å². The summed E-state index contributed by atoms with van der Waals surface area (Å²) in [5, 5.41) is 16.8. The van der Waals surface area contributed by atoms with E-state index >= 15 is 0 Å². The van der Waals surface area contributed by atoms with E-state index in [4.69, 9.17) is 10.5 Å². The lowest BCUT2D eigenvalue weighted by Crippen LogP contribution is -2.17. The number of halogens is 2. The zero-order valence-electron chi connectivity index (χ0n) is 16.6. The molecule has 8 nitrogen and oxygen atoms in total. The van der Waals surface area contributed by atoms with Gasteiger partial charge in [-0.3, -0.25) is 9.48 Å².